The van der Waals surface area contributed by atoms with E-state index in [4.69, 9.17) is 0 Å². The zero-order valence-corrected chi connectivity index (χ0v) is 9.81. The number of aromatic nitrogens is 2. The molecule has 0 aliphatic heterocycles. The maximum Gasteiger partial charge on any atom is 0.358 e. The largest absolute Gasteiger partial charge is 1.00 e. The molecule has 0 amide bonds. The Morgan fingerprint density at radius 3 is 2.64 bits per heavy atom. The lowest BCUT2D eigenvalue weighted by Crippen LogP contribution is -3.00. The van der Waals surface area contributed by atoms with Crippen LogP contribution in [0.1, 0.15) is 5.69 Å². The van der Waals surface area contributed by atoms with Gasteiger partial charge in [-0.3, -0.25) is 0 Å². The Morgan fingerprint density at radius 2 is 2.18 bits per heavy atom. The second kappa shape index (κ2) is 4.92. The van der Waals surface area contributed by atoms with Crippen molar-refractivity contribution in [2.24, 2.45) is 7.05 Å². The predicted molar refractivity (Wildman–Crippen MR) is 41.9 cm³/mol. The lowest BCUT2D eigenvalue weighted by molar-refractivity contribution is -0.719. The zero-order valence-electron chi connectivity index (χ0n) is 6.84. The number of hydrogen-bond acceptors (Lipinski definition) is 2. The molecule has 4 heteroatoms. The van der Waals surface area contributed by atoms with Gasteiger partial charge in [-0.15, -0.1) is 0 Å². The molecule has 1 aromatic rings. The van der Waals surface area contributed by atoms with Gasteiger partial charge in [-0.25, -0.2) is 4.57 Å². The number of nitrogens with zero attached hydrogens (tertiary/aromatic N) is 2. The molecule has 11 heavy (non-hydrogen) atoms. The molecule has 0 radical (unpaired) electrons. The van der Waals surface area contributed by atoms with E-state index in [9.17, 15) is 0 Å². The van der Waals surface area contributed by atoms with Gasteiger partial charge in [-0.1, -0.05) is 0 Å². The number of hydrogen-bond donors (Lipinski definition) is 0. The summed E-state index contributed by atoms with van der Waals surface area (Å²) >= 11 is 1.66. The molecule has 0 aliphatic carbocycles. The minimum absolute atomic E-state index is 0. The second-order valence-electron chi connectivity index (χ2n) is 2.13. The number of halogens is 1. The average molecular weight is 282 g/mol. The van der Waals surface area contributed by atoms with E-state index in [1.54, 1.807) is 11.8 Å². The summed E-state index contributed by atoms with van der Waals surface area (Å²) in [4.78, 5) is 4.18. The van der Waals surface area contributed by atoms with Crippen LogP contribution in [0.3, 0.4) is 0 Å². The van der Waals surface area contributed by atoms with Gasteiger partial charge in [-0.05, 0) is 29.9 Å². The van der Waals surface area contributed by atoms with Crippen LogP contribution in [0.4, 0.5) is 0 Å². The highest BCUT2D eigenvalue weighted by molar-refractivity contribution is 7.98. The maximum absolute atomic E-state index is 4.18. The van der Waals surface area contributed by atoms with Crippen LogP contribution < -0.4 is 28.5 Å². The topological polar surface area (TPSA) is 16.8 Å². The molecule has 0 atom stereocenters. The Kier molecular flexibility index (Phi) is 4.99. The molecule has 1 rings (SSSR count). The lowest BCUT2D eigenvalue weighted by Gasteiger charge is -1.96. The molecule has 62 valence electrons. The van der Waals surface area contributed by atoms with Crippen molar-refractivity contribution in [3.05, 3.63) is 18.0 Å². The van der Waals surface area contributed by atoms with Crippen molar-refractivity contribution in [3.63, 3.8) is 0 Å². The molecule has 0 bridgehead atoms. The van der Waals surface area contributed by atoms with Gasteiger partial charge >= 0.3 is 5.16 Å². The van der Waals surface area contributed by atoms with E-state index in [2.05, 4.69) is 16.5 Å². The molecule has 0 unspecified atom stereocenters. The minimum Gasteiger partial charge on any atom is -1.00 e. The van der Waals surface area contributed by atoms with Gasteiger partial charge in [-0.2, -0.15) is 0 Å². The average Bonchev–Trinajstić information content (AvgIpc) is 1.95. The van der Waals surface area contributed by atoms with Gasteiger partial charge in [0.1, 0.15) is 11.9 Å². The van der Waals surface area contributed by atoms with E-state index in [0.29, 0.717) is 0 Å². The smallest absolute Gasteiger partial charge is 0.358 e. The van der Waals surface area contributed by atoms with E-state index < -0.39 is 0 Å². The molecule has 0 aliphatic rings. The van der Waals surface area contributed by atoms with Crippen molar-refractivity contribution < 1.29 is 28.5 Å². The number of thioether (sulfide) groups is 1. The summed E-state index contributed by atoms with van der Waals surface area (Å²) in [7, 11) is 2.02. The third-order valence-corrected chi connectivity index (χ3v) is 2.24. The molecule has 1 heterocycles. The van der Waals surface area contributed by atoms with Gasteiger partial charge in [0, 0.05) is 6.07 Å². The van der Waals surface area contributed by atoms with Crippen LogP contribution in [0.5, 0.6) is 0 Å². The number of rotatable bonds is 1. The molecule has 0 saturated heterocycles. The first-order valence-corrected chi connectivity index (χ1v) is 4.34. The van der Waals surface area contributed by atoms with Crippen molar-refractivity contribution in [1.82, 2.24) is 4.98 Å². The molecule has 0 N–H and O–H groups in total. The lowest BCUT2D eigenvalue weighted by atomic mass is 10.4. The fourth-order valence-electron chi connectivity index (χ4n) is 0.748. The van der Waals surface area contributed by atoms with E-state index in [0.717, 1.165) is 5.16 Å². The molecule has 1 aromatic heterocycles. The van der Waals surface area contributed by atoms with Gasteiger partial charge < -0.3 is 24.0 Å². The molecule has 0 saturated carbocycles. The van der Waals surface area contributed by atoms with Crippen LogP contribution in [-0.4, -0.2) is 11.2 Å². The Labute approximate surface area is 88.4 Å². The molecule has 0 spiro atoms. The molecule has 2 nitrogen and oxygen atoms in total. The summed E-state index contributed by atoms with van der Waals surface area (Å²) in [6, 6.07) is 2.00. The van der Waals surface area contributed by atoms with Crippen molar-refractivity contribution in [1.29, 1.82) is 0 Å². The summed E-state index contributed by atoms with van der Waals surface area (Å²) < 4.78 is 2.07. The fourth-order valence-corrected chi connectivity index (χ4v) is 1.33. The van der Waals surface area contributed by atoms with Crippen LogP contribution >= 0.6 is 11.8 Å². The van der Waals surface area contributed by atoms with Crippen LogP contribution in [0.2, 0.25) is 0 Å². The van der Waals surface area contributed by atoms with Gasteiger partial charge in [0.25, 0.3) is 0 Å². The van der Waals surface area contributed by atoms with Crippen molar-refractivity contribution in [2.45, 2.75) is 12.1 Å². The Morgan fingerprint density at radius 1 is 1.55 bits per heavy atom. The van der Waals surface area contributed by atoms with Crippen LogP contribution in [-0.2, 0) is 7.05 Å². The van der Waals surface area contributed by atoms with E-state index >= 15 is 0 Å². The first-order chi connectivity index (χ1) is 4.75. The van der Waals surface area contributed by atoms with Crippen LogP contribution in [0.25, 0.3) is 0 Å². The predicted octanol–water partition coefficient (Wildman–Crippen LogP) is -2.06. The summed E-state index contributed by atoms with van der Waals surface area (Å²) in [5.41, 5.74) is 1.24. The monoisotopic (exact) mass is 282 g/mol. The highest BCUT2D eigenvalue weighted by Crippen LogP contribution is 2.03. The summed E-state index contributed by atoms with van der Waals surface area (Å²) in [6.45, 7) is 2.07. The van der Waals surface area contributed by atoms with Crippen LogP contribution in [0, 0.1) is 6.92 Å². The molecular weight excluding hydrogens is 271 g/mol. The quantitative estimate of drug-likeness (QED) is 0.255. The Balaban J connectivity index is 0.000001000. The number of aryl methyl sites for hydroxylation is 1. The second-order valence-corrected chi connectivity index (χ2v) is 2.91. The zero-order chi connectivity index (χ0) is 7.56. The van der Waals surface area contributed by atoms with Crippen molar-refractivity contribution in [2.75, 3.05) is 6.26 Å². The summed E-state index contributed by atoms with van der Waals surface area (Å²) in [6.07, 6.45) is 3.86. The summed E-state index contributed by atoms with van der Waals surface area (Å²) in [5.74, 6) is 0. The van der Waals surface area contributed by atoms with Gasteiger partial charge in [0.2, 0.25) is 0 Å². The Bertz CT molecular complexity index is 240. The standard InChI is InChI=1S/C7H11N2S.HI/c1-6-4-5-8-7(10-3)9(6)2;/h4-5H,1-3H3;1H/q+1;/p-1. The maximum atomic E-state index is 4.18. The van der Waals surface area contributed by atoms with Crippen LogP contribution in [0.15, 0.2) is 17.4 Å². The van der Waals surface area contributed by atoms with Gasteiger partial charge in [0.05, 0.1) is 7.05 Å². The first-order valence-electron chi connectivity index (χ1n) is 3.11. The SMILES string of the molecule is CSc1nccc(C)[n+]1C.[I-]. The molecule has 0 aromatic carbocycles. The highest BCUT2D eigenvalue weighted by atomic mass is 127. The van der Waals surface area contributed by atoms with Crippen molar-refractivity contribution in [3.8, 4) is 0 Å². The third kappa shape index (κ3) is 2.59. The molecule has 0 fully saturated rings. The van der Waals surface area contributed by atoms with Crippen molar-refractivity contribution >= 4 is 11.8 Å². The molecular formula is C7H11IN2S. The first kappa shape index (κ1) is 11.2. The highest BCUT2D eigenvalue weighted by Gasteiger charge is 2.06. The normalized spacial score (nSPS) is 9.00. The summed E-state index contributed by atoms with van der Waals surface area (Å²) in [5, 5.41) is 1.06. The Hall–Kier alpha value is 0.160. The van der Waals surface area contributed by atoms with E-state index in [1.807, 2.05) is 25.6 Å². The fraction of sp³-hybridized carbons (Fsp3) is 0.429. The third-order valence-electron chi connectivity index (χ3n) is 1.50. The van der Waals surface area contributed by atoms with E-state index in [-0.39, 0.29) is 24.0 Å². The van der Waals surface area contributed by atoms with Gasteiger partial charge in [0.15, 0.2) is 0 Å². The minimum atomic E-state index is 0. The van der Waals surface area contributed by atoms with E-state index in [1.165, 1.54) is 5.69 Å².